The summed E-state index contributed by atoms with van der Waals surface area (Å²) >= 11 is 0. The van der Waals surface area contributed by atoms with Gasteiger partial charge in [-0.3, -0.25) is 0 Å². The highest BCUT2D eigenvalue weighted by Gasteiger charge is 2.28. The Morgan fingerprint density at radius 2 is 1.31 bits per heavy atom. The third-order valence-corrected chi connectivity index (χ3v) is 2.26. The first kappa shape index (κ1) is 18.2. The Morgan fingerprint density at radius 1 is 0.938 bits per heavy atom. The molecule has 0 aliphatic carbocycles. The highest BCUT2D eigenvalue weighted by Crippen LogP contribution is 2.24. The fraction of sp³-hybridized carbons (Fsp3) is 1.00. The van der Waals surface area contributed by atoms with E-state index >= 15 is 0 Å². The standard InChI is InChI=1S/C8H18O2.C3H8O3/c1-6(2)7(10)8(3,4)5-9;4-1-3(6)2-5/h6-7,9-10H,5H2,1-4H3;3-6H,1-2H2. The number of aliphatic hydroxyl groups is 5. The Kier molecular flexibility index (Phi) is 10.1. The third-order valence-electron chi connectivity index (χ3n) is 2.26. The van der Waals surface area contributed by atoms with Crippen LogP contribution in [0.5, 0.6) is 0 Å². The van der Waals surface area contributed by atoms with Crippen molar-refractivity contribution in [3.63, 3.8) is 0 Å². The van der Waals surface area contributed by atoms with Crippen LogP contribution >= 0.6 is 0 Å². The first-order chi connectivity index (χ1) is 7.22. The summed E-state index contributed by atoms with van der Waals surface area (Å²) in [5, 5.41) is 42.4. The molecule has 0 aromatic rings. The second-order valence-electron chi connectivity index (χ2n) is 4.85. The first-order valence-corrected chi connectivity index (χ1v) is 5.41. The zero-order valence-electron chi connectivity index (χ0n) is 10.6. The average molecular weight is 238 g/mol. The highest BCUT2D eigenvalue weighted by molar-refractivity contribution is 4.78. The van der Waals surface area contributed by atoms with Crippen LogP contribution in [0.25, 0.3) is 0 Å². The van der Waals surface area contributed by atoms with Crippen molar-refractivity contribution >= 4 is 0 Å². The van der Waals surface area contributed by atoms with Crippen LogP contribution in [0.4, 0.5) is 0 Å². The van der Waals surface area contributed by atoms with E-state index in [1.165, 1.54) is 0 Å². The van der Waals surface area contributed by atoms with Gasteiger partial charge >= 0.3 is 0 Å². The van der Waals surface area contributed by atoms with Crippen LogP contribution in [0, 0.1) is 11.3 Å². The summed E-state index contributed by atoms with van der Waals surface area (Å²) < 4.78 is 0. The molecule has 0 spiro atoms. The van der Waals surface area contributed by atoms with Crippen LogP contribution in [-0.2, 0) is 0 Å². The molecule has 0 aromatic carbocycles. The number of rotatable bonds is 5. The summed E-state index contributed by atoms with van der Waals surface area (Å²) in [6, 6.07) is 0. The van der Waals surface area contributed by atoms with Gasteiger partial charge in [0.05, 0.1) is 25.9 Å². The van der Waals surface area contributed by atoms with Gasteiger partial charge in [0.25, 0.3) is 0 Å². The van der Waals surface area contributed by atoms with Crippen LogP contribution < -0.4 is 0 Å². The van der Waals surface area contributed by atoms with E-state index in [-0.39, 0.29) is 31.2 Å². The first-order valence-electron chi connectivity index (χ1n) is 5.41. The van der Waals surface area contributed by atoms with Crippen LogP contribution in [0.3, 0.4) is 0 Å². The Labute approximate surface area is 97.4 Å². The topological polar surface area (TPSA) is 101 Å². The summed E-state index contributed by atoms with van der Waals surface area (Å²) in [4.78, 5) is 0. The lowest BCUT2D eigenvalue weighted by Crippen LogP contribution is -2.36. The lowest BCUT2D eigenvalue weighted by Gasteiger charge is -2.30. The summed E-state index contributed by atoms with van der Waals surface area (Å²) in [7, 11) is 0. The zero-order chi connectivity index (χ0) is 13.4. The zero-order valence-corrected chi connectivity index (χ0v) is 10.6. The largest absolute Gasteiger partial charge is 0.396 e. The second-order valence-corrected chi connectivity index (χ2v) is 4.85. The molecule has 1 atom stereocenters. The molecule has 0 saturated heterocycles. The number of hydrogen-bond acceptors (Lipinski definition) is 5. The minimum absolute atomic E-state index is 0.0341. The average Bonchev–Trinajstić information content (AvgIpc) is 2.27. The summed E-state index contributed by atoms with van der Waals surface area (Å²) in [6.07, 6.45) is -1.37. The molecule has 1 unspecified atom stereocenters. The Bertz CT molecular complexity index is 154. The van der Waals surface area contributed by atoms with E-state index in [1.54, 1.807) is 0 Å². The summed E-state index contributed by atoms with van der Waals surface area (Å²) in [5.74, 6) is 0.210. The molecule has 0 aliphatic rings. The molecule has 5 nitrogen and oxygen atoms in total. The fourth-order valence-electron chi connectivity index (χ4n) is 1.05. The van der Waals surface area contributed by atoms with Gasteiger partial charge in [0.1, 0.15) is 6.10 Å². The van der Waals surface area contributed by atoms with E-state index in [0.717, 1.165) is 0 Å². The van der Waals surface area contributed by atoms with Crippen molar-refractivity contribution in [1.82, 2.24) is 0 Å². The monoisotopic (exact) mass is 238 g/mol. The Hall–Kier alpha value is -0.200. The van der Waals surface area contributed by atoms with E-state index in [4.69, 9.17) is 20.4 Å². The Morgan fingerprint density at radius 3 is 1.38 bits per heavy atom. The fourth-order valence-corrected chi connectivity index (χ4v) is 1.05. The van der Waals surface area contributed by atoms with Crippen LogP contribution in [-0.4, -0.2) is 57.6 Å². The molecule has 16 heavy (non-hydrogen) atoms. The van der Waals surface area contributed by atoms with Gasteiger partial charge in [-0.2, -0.15) is 0 Å². The maximum Gasteiger partial charge on any atom is 0.100 e. The molecule has 0 rings (SSSR count). The minimum atomic E-state index is -0.954. The van der Waals surface area contributed by atoms with Crippen molar-refractivity contribution in [1.29, 1.82) is 0 Å². The van der Waals surface area contributed by atoms with E-state index in [1.807, 2.05) is 27.7 Å². The molecule has 0 amide bonds. The van der Waals surface area contributed by atoms with Crippen LogP contribution in [0.1, 0.15) is 27.7 Å². The molecule has 0 aromatic heterocycles. The quantitative estimate of drug-likeness (QED) is 0.438. The molecule has 0 saturated carbocycles. The molecule has 0 heterocycles. The van der Waals surface area contributed by atoms with E-state index < -0.39 is 12.2 Å². The van der Waals surface area contributed by atoms with Crippen molar-refractivity contribution in [3.8, 4) is 0 Å². The molecule has 5 N–H and O–H groups in total. The number of aliphatic hydroxyl groups excluding tert-OH is 5. The minimum Gasteiger partial charge on any atom is -0.396 e. The van der Waals surface area contributed by atoms with Crippen molar-refractivity contribution in [3.05, 3.63) is 0 Å². The van der Waals surface area contributed by atoms with E-state index in [0.29, 0.717) is 0 Å². The highest BCUT2D eigenvalue weighted by atomic mass is 16.3. The molecule has 0 bridgehead atoms. The normalized spacial score (nSPS) is 13.7. The molecular weight excluding hydrogens is 212 g/mol. The van der Waals surface area contributed by atoms with Gasteiger partial charge in [-0.1, -0.05) is 27.7 Å². The summed E-state index contributed by atoms with van der Waals surface area (Å²) in [5.41, 5.74) is -0.367. The van der Waals surface area contributed by atoms with Gasteiger partial charge in [0.15, 0.2) is 0 Å². The SMILES string of the molecule is CC(C)C(O)C(C)(C)CO.OCC(O)CO. The van der Waals surface area contributed by atoms with Gasteiger partial charge in [-0.15, -0.1) is 0 Å². The molecule has 0 radical (unpaired) electrons. The molecule has 100 valence electrons. The maximum absolute atomic E-state index is 9.49. The van der Waals surface area contributed by atoms with Gasteiger partial charge in [0, 0.05) is 5.41 Å². The van der Waals surface area contributed by atoms with Gasteiger partial charge < -0.3 is 25.5 Å². The van der Waals surface area contributed by atoms with E-state index in [2.05, 4.69) is 0 Å². The van der Waals surface area contributed by atoms with Crippen molar-refractivity contribution < 1.29 is 25.5 Å². The smallest absolute Gasteiger partial charge is 0.100 e. The van der Waals surface area contributed by atoms with Gasteiger partial charge in [-0.05, 0) is 5.92 Å². The van der Waals surface area contributed by atoms with Gasteiger partial charge in [-0.25, -0.2) is 0 Å². The van der Waals surface area contributed by atoms with Crippen LogP contribution in [0.2, 0.25) is 0 Å². The second kappa shape index (κ2) is 8.90. The van der Waals surface area contributed by atoms with Crippen LogP contribution in [0.15, 0.2) is 0 Å². The van der Waals surface area contributed by atoms with Crippen molar-refractivity contribution in [2.24, 2.45) is 11.3 Å². The predicted molar refractivity (Wildman–Crippen MR) is 61.9 cm³/mol. The van der Waals surface area contributed by atoms with Gasteiger partial charge in [0.2, 0.25) is 0 Å². The summed E-state index contributed by atoms with van der Waals surface area (Å²) in [6.45, 7) is 6.92. The molecular formula is C11H26O5. The molecule has 0 fully saturated rings. The maximum atomic E-state index is 9.49. The van der Waals surface area contributed by atoms with Crippen molar-refractivity contribution in [2.45, 2.75) is 39.9 Å². The third kappa shape index (κ3) is 8.01. The lowest BCUT2D eigenvalue weighted by molar-refractivity contribution is -0.0204. The van der Waals surface area contributed by atoms with Crippen molar-refractivity contribution in [2.75, 3.05) is 19.8 Å². The Balaban J connectivity index is 0. The predicted octanol–water partition coefficient (Wildman–Crippen LogP) is -0.646. The molecule has 0 aliphatic heterocycles. The molecule has 5 heteroatoms. The lowest BCUT2D eigenvalue weighted by atomic mass is 9.82. The number of hydrogen-bond donors (Lipinski definition) is 5. The van der Waals surface area contributed by atoms with E-state index in [9.17, 15) is 5.11 Å².